The van der Waals surface area contributed by atoms with Crippen LogP contribution in [-0.4, -0.2) is 85.0 Å². The van der Waals surface area contributed by atoms with Gasteiger partial charge >= 0.3 is 0 Å². The van der Waals surface area contributed by atoms with Gasteiger partial charge in [0.1, 0.15) is 17.5 Å². The summed E-state index contributed by atoms with van der Waals surface area (Å²) in [6.07, 6.45) is 0.561. The highest BCUT2D eigenvalue weighted by atomic mass is 19.3. The lowest BCUT2D eigenvalue weighted by Gasteiger charge is -2.42. The number of anilines is 1. The van der Waals surface area contributed by atoms with E-state index in [1.54, 1.807) is 36.0 Å². The topological polar surface area (TPSA) is 85.4 Å². The van der Waals surface area contributed by atoms with Gasteiger partial charge in [-0.25, -0.2) is 32.6 Å². The van der Waals surface area contributed by atoms with E-state index in [0.29, 0.717) is 66.4 Å². The zero-order valence-electron chi connectivity index (χ0n) is 19.1. The molecule has 0 saturated carbocycles. The van der Waals surface area contributed by atoms with Crippen LogP contribution in [0.15, 0.2) is 30.6 Å². The van der Waals surface area contributed by atoms with E-state index in [-0.39, 0.29) is 6.04 Å². The third kappa shape index (κ3) is 4.10. The lowest BCUT2D eigenvalue weighted by atomic mass is 10.0. The van der Waals surface area contributed by atoms with Crippen molar-refractivity contribution < 1.29 is 17.9 Å². The largest absolute Gasteiger partial charge is 0.378 e. The third-order valence-corrected chi connectivity index (χ3v) is 6.82. The van der Waals surface area contributed by atoms with Crippen LogP contribution in [0.5, 0.6) is 0 Å². The molecule has 0 spiro atoms. The van der Waals surface area contributed by atoms with Crippen molar-refractivity contribution in [1.29, 1.82) is 0 Å². The molecule has 12 heteroatoms. The van der Waals surface area contributed by atoms with Gasteiger partial charge in [0.2, 0.25) is 5.95 Å². The van der Waals surface area contributed by atoms with E-state index in [4.69, 9.17) is 4.74 Å². The number of nitrogens with zero attached hydrogens (tertiary/aromatic N) is 7. The minimum atomic E-state index is -2.51. The van der Waals surface area contributed by atoms with Crippen molar-refractivity contribution >= 4 is 22.6 Å². The fourth-order valence-corrected chi connectivity index (χ4v) is 4.83. The molecule has 2 aliphatic heterocycles. The number of aromatic nitrogens is 6. The number of fused-ring (bicyclic) bond motifs is 2. The van der Waals surface area contributed by atoms with Crippen LogP contribution in [0.1, 0.15) is 12.2 Å². The number of rotatable bonds is 6. The Labute approximate surface area is 198 Å². The normalized spacial score (nSPS) is 21.7. The molecule has 1 N–H and O–H groups in total. The second kappa shape index (κ2) is 8.76. The van der Waals surface area contributed by atoms with E-state index in [0.717, 1.165) is 12.1 Å². The molecule has 2 atom stereocenters. The van der Waals surface area contributed by atoms with Crippen LogP contribution in [0.4, 0.5) is 19.1 Å². The molecule has 2 fully saturated rings. The molecular formula is C23H25F3N8O. The summed E-state index contributed by atoms with van der Waals surface area (Å²) < 4.78 is 49.2. The minimum Gasteiger partial charge on any atom is -0.378 e. The molecule has 9 nitrogen and oxygen atoms in total. The Bertz CT molecular complexity index is 1370. The molecule has 0 unspecified atom stereocenters. The maximum atomic E-state index is 14.8. The van der Waals surface area contributed by atoms with Crippen molar-refractivity contribution in [2.24, 2.45) is 0 Å². The predicted molar refractivity (Wildman–Crippen MR) is 123 cm³/mol. The molecule has 0 aliphatic carbocycles. The van der Waals surface area contributed by atoms with Gasteiger partial charge in [-0.2, -0.15) is 0 Å². The Morgan fingerprint density at radius 1 is 1.20 bits per heavy atom. The molecule has 6 heterocycles. The van der Waals surface area contributed by atoms with E-state index in [2.05, 4.69) is 30.3 Å². The number of alkyl halides is 3. The molecule has 0 radical (unpaired) electrons. The van der Waals surface area contributed by atoms with Gasteiger partial charge in [-0.05, 0) is 31.5 Å². The maximum absolute atomic E-state index is 14.8. The van der Waals surface area contributed by atoms with E-state index in [9.17, 15) is 13.2 Å². The monoisotopic (exact) mass is 486 g/mol. The molecule has 184 valence electrons. The molecule has 6 rings (SSSR count). The number of hydrogen-bond donors (Lipinski definition) is 1. The molecule has 0 aromatic carbocycles. The lowest BCUT2D eigenvalue weighted by molar-refractivity contribution is -0.0794. The summed E-state index contributed by atoms with van der Waals surface area (Å²) in [5, 5.41) is 7.65. The van der Waals surface area contributed by atoms with Gasteiger partial charge in [0, 0.05) is 24.8 Å². The van der Waals surface area contributed by atoms with Gasteiger partial charge in [0.05, 0.1) is 49.2 Å². The number of hydrogen-bond acceptors (Lipinski definition) is 7. The summed E-state index contributed by atoms with van der Waals surface area (Å²) in [5.41, 5.74) is 3.05. The van der Waals surface area contributed by atoms with Crippen LogP contribution in [0, 0.1) is 6.92 Å². The minimum absolute atomic E-state index is 0.325. The summed E-state index contributed by atoms with van der Waals surface area (Å²) >= 11 is 0. The quantitative estimate of drug-likeness (QED) is 0.449. The smallest absolute Gasteiger partial charge is 0.256 e. The van der Waals surface area contributed by atoms with Gasteiger partial charge in [-0.3, -0.25) is 4.90 Å². The third-order valence-electron chi connectivity index (χ3n) is 6.82. The second-order valence-electron chi connectivity index (χ2n) is 9.08. The number of pyridine rings is 1. The van der Waals surface area contributed by atoms with Gasteiger partial charge in [0.15, 0.2) is 5.65 Å². The van der Waals surface area contributed by atoms with Gasteiger partial charge < -0.3 is 14.6 Å². The van der Waals surface area contributed by atoms with Crippen molar-refractivity contribution in [2.45, 2.75) is 44.6 Å². The highest BCUT2D eigenvalue weighted by Crippen LogP contribution is 2.27. The van der Waals surface area contributed by atoms with Crippen LogP contribution < -0.4 is 5.32 Å². The van der Waals surface area contributed by atoms with Crippen LogP contribution in [0.2, 0.25) is 0 Å². The predicted octanol–water partition coefficient (Wildman–Crippen LogP) is 2.94. The van der Waals surface area contributed by atoms with Crippen molar-refractivity contribution in [3.05, 3.63) is 36.4 Å². The summed E-state index contributed by atoms with van der Waals surface area (Å²) in [4.78, 5) is 15.5. The van der Waals surface area contributed by atoms with E-state index >= 15 is 0 Å². The molecular weight excluding hydrogens is 461 g/mol. The second-order valence-corrected chi connectivity index (χ2v) is 9.08. The first-order valence-electron chi connectivity index (χ1n) is 11.7. The van der Waals surface area contributed by atoms with Gasteiger partial charge in [-0.1, -0.05) is 0 Å². The van der Waals surface area contributed by atoms with Crippen molar-refractivity contribution in [1.82, 2.24) is 34.0 Å². The Balaban J connectivity index is 1.23. The van der Waals surface area contributed by atoms with Crippen molar-refractivity contribution in [2.75, 3.05) is 31.6 Å². The fourth-order valence-electron chi connectivity index (χ4n) is 4.83. The number of likely N-dealkylation sites (tertiary alicyclic amines) is 1. The van der Waals surface area contributed by atoms with Crippen LogP contribution in [0.3, 0.4) is 0 Å². The number of ether oxygens (including phenoxy) is 1. The van der Waals surface area contributed by atoms with E-state index < -0.39 is 19.1 Å². The van der Waals surface area contributed by atoms with E-state index in [1.165, 1.54) is 4.57 Å². The number of aryl methyl sites for hydroxylation is 1. The highest BCUT2D eigenvalue weighted by Gasteiger charge is 2.35. The van der Waals surface area contributed by atoms with E-state index in [1.807, 2.05) is 6.07 Å². The molecule has 2 saturated heterocycles. The van der Waals surface area contributed by atoms with Crippen molar-refractivity contribution in [3.63, 3.8) is 0 Å². The molecule has 0 amide bonds. The molecule has 4 aromatic heterocycles. The lowest BCUT2D eigenvalue weighted by Crippen LogP contribution is -2.57. The molecule has 4 aromatic rings. The highest BCUT2D eigenvalue weighted by molar-refractivity contribution is 5.82. The zero-order valence-corrected chi connectivity index (χ0v) is 19.1. The van der Waals surface area contributed by atoms with Gasteiger partial charge in [-0.15, -0.1) is 5.10 Å². The van der Waals surface area contributed by atoms with Gasteiger partial charge in [0.25, 0.3) is 6.43 Å². The maximum Gasteiger partial charge on any atom is 0.256 e. The first-order valence-corrected chi connectivity index (χ1v) is 11.7. The summed E-state index contributed by atoms with van der Waals surface area (Å²) in [6, 6.07) is 5.39. The fraction of sp³-hybridized carbons (Fsp3) is 0.478. The zero-order chi connectivity index (χ0) is 24.1. The summed E-state index contributed by atoms with van der Waals surface area (Å²) in [5.74, 6) is 0.838. The van der Waals surface area contributed by atoms with Crippen molar-refractivity contribution in [3.8, 4) is 11.3 Å². The Morgan fingerprint density at radius 3 is 2.80 bits per heavy atom. The first-order chi connectivity index (χ1) is 17.0. The summed E-state index contributed by atoms with van der Waals surface area (Å²) in [7, 11) is 0. The average Bonchev–Trinajstić information content (AvgIpc) is 3.34. The molecule has 2 aliphatic rings. The van der Waals surface area contributed by atoms with Crippen LogP contribution in [-0.2, 0) is 11.3 Å². The number of piperidine rings is 1. The van der Waals surface area contributed by atoms with Crippen LogP contribution >= 0.6 is 0 Å². The van der Waals surface area contributed by atoms with Crippen LogP contribution in [0.25, 0.3) is 27.9 Å². The standard InChI is InChI=1S/C23H25F3N8O/c1-13-28-19-3-2-17(29-22(19)33(13)10-21(25)26)15-4-7-34-20(15)8-27-23(31-34)30-18-5-6-32(9-16(18)24)14-11-35-12-14/h2-4,7-8,14,16,18,21H,5-6,9-12H2,1H3,(H,30,31)/t16-,18-/m1/s1. The number of nitrogens with one attached hydrogen (secondary N) is 1. The first kappa shape index (κ1) is 22.2. The Kier molecular flexibility index (Phi) is 5.56. The average molecular weight is 487 g/mol. The Hall–Kier alpha value is -3.25. The molecule has 35 heavy (non-hydrogen) atoms. The Morgan fingerprint density at radius 2 is 2.06 bits per heavy atom. The summed E-state index contributed by atoms with van der Waals surface area (Å²) in [6.45, 7) is 3.76. The number of halogens is 3. The number of imidazole rings is 1. The molecule has 0 bridgehead atoms. The SMILES string of the molecule is Cc1nc2ccc(-c3ccn4nc(N[C@@H]5CCN(C6COC6)C[C@H]5F)ncc34)nc2n1CC(F)F.